The van der Waals surface area contributed by atoms with Gasteiger partial charge in [-0.3, -0.25) is 0 Å². The van der Waals surface area contributed by atoms with Crippen molar-refractivity contribution in [2.24, 2.45) is 0 Å². The Morgan fingerprint density at radius 3 is 2.69 bits per heavy atom. The van der Waals surface area contributed by atoms with Gasteiger partial charge in [0.15, 0.2) is 5.69 Å². The molecule has 134 valence electrons. The monoisotopic (exact) mass is 372 g/mol. The number of aromatic carboxylic acids is 1. The Labute approximate surface area is 155 Å². The van der Waals surface area contributed by atoms with Crippen LogP contribution in [0.15, 0.2) is 54.6 Å². The molecular weight excluding hydrogens is 356 g/mol. The van der Waals surface area contributed by atoms with Gasteiger partial charge in [0.05, 0.1) is 18.0 Å². The lowest BCUT2D eigenvalue weighted by molar-refractivity contribution is 0.0690. The maximum atomic E-state index is 11.4. The molecule has 0 bridgehead atoms. The summed E-state index contributed by atoms with van der Waals surface area (Å²) in [4.78, 5) is 11.4. The van der Waals surface area contributed by atoms with Gasteiger partial charge in [-0.15, -0.1) is 0 Å². The number of carbonyl (C=O) groups is 1. The zero-order valence-corrected chi connectivity index (χ0v) is 14.8. The van der Waals surface area contributed by atoms with Crippen LogP contribution in [0.1, 0.15) is 10.5 Å². The number of rotatable bonds is 7. The normalized spacial score (nSPS) is 10.7. The third-order valence-corrected chi connectivity index (χ3v) is 3.90. The first-order valence-corrected chi connectivity index (χ1v) is 8.28. The minimum Gasteiger partial charge on any atom is -0.491 e. The van der Waals surface area contributed by atoms with E-state index in [-0.39, 0.29) is 5.69 Å². The molecule has 0 unspecified atom stereocenters. The maximum absolute atomic E-state index is 11.4. The van der Waals surface area contributed by atoms with E-state index in [0.717, 1.165) is 5.56 Å². The van der Waals surface area contributed by atoms with Gasteiger partial charge in [-0.2, -0.15) is 5.10 Å². The molecule has 1 aromatic heterocycles. The van der Waals surface area contributed by atoms with Gasteiger partial charge in [0.25, 0.3) is 0 Å². The number of carboxylic acid groups (broad SMARTS) is 1. The molecule has 0 atom stereocenters. The van der Waals surface area contributed by atoms with Crippen molar-refractivity contribution in [1.29, 1.82) is 0 Å². The van der Waals surface area contributed by atoms with Gasteiger partial charge in [0.2, 0.25) is 0 Å². The van der Waals surface area contributed by atoms with E-state index < -0.39 is 5.97 Å². The SMILES string of the molecule is COCCOc1cccc(-c2cc(C(=O)O)nn2-c2cccc(Cl)c2)c1. The van der Waals surface area contributed by atoms with Gasteiger partial charge in [-0.25, -0.2) is 9.48 Å². The summed E-state index contributed by atoms with van der Waals surface area (Å²) >= 11 is 6.07. The topological polar surface area (TPSA) is 73.6 Å². The number of halogens is 1. The van der Waals surface area contributed by atoms with Crippen LogP contribution in [0.2, 0.25) is 5.02 Å². The van der Waals surface area contributed by atoms with Gasteiger partial charge < -0.3 is 14.6 Å². The molecule has 0 aliphatic heterocycles. The van der Waals surface area contributed by atoms with Crippen LogP contribution in [0, 0.1) is 0 Å². The quantitative estimate of drug-likeness (QED) is 0.636. The third-order valence-electron chi connectivity index (χ3n) is 3.67. The Balaban J connectivity index is 2.04. The summed E-state index contributed by atoms with van der Waals surface area (Å²) in [6, 6.07) is 16.0. The van der Waals surface area contributed by atoms with Gasteiger partial charge in [-0.05, 0) is 36.4 Å². The maximum Gasteiger partial charge on any atom is 0.356 e. The standard InChI is InChI=1S/C19H17ClN2O4/c1-25-8-9-26-16-7-2-4-13(10-16)18-12-17(19(23)24)21-22(18)15-6-3-5-14(20)11-15/h2-7,10-12H,8-9H2,1H3,(H,23,24). The first-order valence-electron chi connectivity index (χ1n) is 7.90. The molecule has 3 aromatic rings. The van der Waals surface area contributed by atoms with Crippen molar-refractivity contribution in [2.75, 3.05) is 20.3 Å². The Morgan fingerprint density at radius 2 is 1.96 bits per heavy atom. The van der Waals surface area contributed by atoms with E-state index >= 15 is 0 Å². The van der Waals surface area contributed by atoms with Crippen molar-refractivity contribution < 1.29 is 19.4 Å². The molecule has 1 N–H and O–H groups in total. The molecule has 0 fully saturated rings. The largest absolute Gasteiger partial charge is 0.491 e. The summed E-state index contributed by atoms with van der Waals surface area (Å²) in [5.74, 6) is -0.435. The smallest absolute Gasteiger partial charge is 0.356 e. The molecule has 0 saturated carbocycles. The van der Waals surface area contributed by atoms with Gasteiger partial charge in [0, 0.05) is 17.7 Å². The second kappa shape index (κ2) is 8.03. The number of nitrogens with zero attached hydrogens (tertiary/aromatic N) is 2. The molecule has 0 spiro atoms. The molecule has 0 amide bonds. The van der Waals surface area contributed by atoms with E-state index in [1.165, 1.54) is 6.07 Å². The minimum absolute atomic E-state index is 0.0503. The number of aromatic nitrogens is 2. The van der Waals surface area contributed by atoms with E-state index in [1.54, 1.807) is 30.0 Å². The van der Waals surface area contributed by atoms with Crippen LogP contribution < -0.4 is 4.74 Å². The summed E-state index contributed by atoms with van der Waals surface area (Å²) in [5, 5.41) is 14.1. The van der Waals surface area contributed by atoms with Crippen molar-refractivity contribution in [3.05, 3.63) is 65.3 Å². The second-order valence-corrected chi connectivity index (χ2v) is 5.92. The minimum atomic E-state index is -1.10. The van der Waals surface area contributed by atoms with Crippen molar-refractivity contribution in [3.8, 4) is 22.7 Å². The number of benzene rings is 2. The molecule has 1 heterocycles. The molecule has 6 nitrogen and oxygen atoms in total. The Kier molecular flexibility index (Phi) is 5.55. The number of methoxy groups -OCH3 is 1. The molecule has 3 rings (SSSR count). The number of hydrogen-bond donors (Lipinski definition) is 1. The first kappa shape index (κ1) is 18.0. The second-order valence-electron chi connectivity index (χ2n) is 5.48. The molecule has 0 radical (unpaired) electrons. The van der Waals surface area contributed by atoms with Crippen LogP contribution in [-0.2, 0) is 4.74 Å². The number of ether oxygens (including phenoxy) is 2. The predicted octanol–water partition coefficient (Wildman–Crippen LogP) is 3.92. The lowest BCUT2D eigenvalue weighted by Gasteiger charge is -2.10. The lowest BCUT2D eigenvalue weighted by atomic mass is 10.1. The highest BCUT2D eigenvalue weighted by Gasteiger charge is 2.16. The molecule has 0 aliphatic rings. The zero-order valence-electron chi connectivity index (χ0n) is 14.1. The average Bonchev–Trinajstić information content (AvgIpc) is 3.08. The van der Waals surface area contributed by atoms with Crippen LogP contribution in [0.3, 0.4) is 0 Å². The predicted molar refractivity (Wildman–Crippen MR) is 98.3 cm³/mol. The first-order chi connectivity index (χ1) is 12.6. The van der Waals surface area contributed by atoms with E-state index in [0.29, 0.717) is 35.4 Å². The summed E-state index contributed by atoms with van der Waals surface area (Å²) in [6.07, 6.45) is 0. The lowest BCUT2D eigenvalue weighted by Crippen LogP contribution is -2.04. The van der Waals surface area contributed by atoms with Gasteiger partial charge >= 0.3 is 5.97 Å². The summed E-state index contributed by atoms with van der Waals surface area (Å²) in [6.45, 7) is 0.904. The van der Waals surface area contributed by atoms with Crippen molar-refractivity contribution in [2.45, 2.75) is 0 Å². The Bertz CT molecular complexity index is 923. The van der Waals surface area contributed by atoms with Crippen molar-refractivity contribution >= 4 is 17.6 Å². The molecule has 26 heavy (non-hydrogen) atoms. The average molecular weight is 373 g/mol. The Morgan fingerprint density at radius 1 is 1.15 bits per heavy atom. The fraction of sp³-hybridized carbons (Fsp3) is 0.158. The van der Waals surface area contributed by atoms with Crippen LogP contribution in [0.5, 0.6) is 5.75 Å². The molecule has 2 aromatic carbocycles. The van der Waals surface area contributed by atoms with Crippen LogP contribution >= 0.6 is 11.6 Å². The van der Waals surface area contributed by atoms with Crippen molar-refractivity contribution in [3.63, 3.8) is 0 Å². The van der Waals surface area contributed by atoms with E-state index in [9.17, 15) is 9.90 Å². The van der Waals surface area contributed by atoms with E-state index in [4.69, 9.17) is 21.1 Å². The van der Waals surface area contributed by atoms with Gasteiger partial charge in [-0.1, -0.05) is 29.8 Å². The number of carboxylic acids is 1. The summed E-state index contributed by atoms with van der Waals surface area (Å²) < 4.78 is 12.2. The summed E-state index contributed by atoms with van der Waals surface area (Å²) in [5.41, 5.74) is 2.03. The highest BCUT2D eigenvalue weighted by Crippen LogP contribution is 2.28. The van der Waals surface area contributed by atoms with Crippen LogP contribution in [-0.4, -0.2) is 41.2 Å². The molecule has 7 heteroatoms. The fourth-order valence-electron chi connectivity index (χ4n) is 2.48. The Hall–Kier alpha value is -2.83. The zero-order chi connectivity index (χ0) is 18.5. The molecular formula is C19H17ClN2O4. The van der Waals surface area contributed by atoms with Crippen molar-refractivity contribution in [1.82, 2.24) is 9.78 Å². The van der Waals surface area contributed by atoms with Crippen LogP contribution in [0.4, 0.5) is 0 Å². The molecule has 0 saturated heterocycles. The molecule has 0 aliphatic carbocycles. The van der Waals surface area contributed by atoms with Crippen LogP contribution in [0.25, 0.3) is 16.9 Å². The number of hydrogen-bond acceptors (Lipinski definition) is 4. The van der Waals surface area contributed by atoms with Gasteiger partial charge in [0.1, 0.15) is 12.4 Å². The third kappa shape index (κ3) is 4.04. The van der Waals surface area contributed by atoms with E-state index in [2.05, 4.69) is 5.10 Å². The summed E-state index contributed by atoms with van der Waals surface area (Å²) in [7, 11) is 1.61. The highest BCUT2D eigenvalue weighted by atomic mass is 35.5. The van der Waals surface area contributed by atoms with E-state index in [1.807, 2.05) is 30.3 Å². The fourth-order valence-corrected chi connectivity index (χ4v) is 2.67. The highest BCUT2D eigenvalue weighted by molar-refractivity contribution is 6.30.